The summed E-state index contributed by atoms with van der Waals surface area (Å²) in [5.41, 5.74) is 10.9. The number of amides is 3. The number of nitrogens with two attached hydrogens (primary N) is 2. The van der Waals surface area contributed by atoms with Crippen molar-refractivity contribution in [2.75, 3.05) is 6.54 Å². The smallest absolute Gasteiger partial charge is 0.326 e. The van der Waals surface area contributed by atoms with E-state index in [1.165, 1.54) is 34.6 Å². The molecule has 0 aliphatic rings. The van der Waals surface area contributed by atoms with Crippen LogP contribution in [0.25, 0.3) is 0 Å². The summed E-state index contributed by atoms with van der Waals surface area (Å²) >= 11 is 0. The number of nitrogens with one attached hydrogen (secondary N) is 3. The van der Waals surface area contributed by atoms with E-state index in [9.17, 15) is 38.7 Å². The molecule has 0 saturated heterocycles. The Bertz CT molecular complexity index is 923. The second-order valence-electron chi connectivity index (χ2n) is 10.6. The lowest BCUT2D eigenvalue weighted by Gasteiger charge is -2.21. The highest BCUT2D eigenvalue weighted by molar-refractivity contribution is 5.96. The highest BCUT2D eigenvalue weighted by Gasteiger charge is 2.28. The van der Waals surface area contributed by atoms with Crippen molar-refractivity contribution in [3.05, 3.63) is 0 Å². The van der Waals surface area contributed by atoms with Gasteiger partial charge in [0.2, 0.25) is 17.7 Å². The minimum Gasteiger partial charge on any atom is -0.480 e. The molecule has 13 heteroatoms. The Morgan fingerprint density at radius 2 is 1.00 bits per heavy atom. The molecular weight excluding hydrogens is 522 g/mol. The molecule has 13 nitrogen and oxygen atoms in total. The molecule has 0 rings (SSSR count). The van der Waals surface area contributed by atoms with Crippen molar-refractivity contribution in [2.45, 2.75) is 104 Å². The van der Waals surface area contributed by atoms with E-state index >= 15 is 0 Å². The van der Waals surface area contributed by atoms with Crippen LogP contribution in [-0.4, -0.2) is 76.9 Å². The Balaban J connectivity index is 4.77. The van der Waals surface area contributed by atoms with Gasteiger partial charge in [-0.3, -0.25) is 28.8 Å². The first-order chi connectivity index (χ1) is 18.5. The molecule has 0 fully saturated rings. The van der Waals surface area contributed by atoms with E-state index in [2.05, 4.69) is 16.0 Å². The number of carbonyl (C=O) groups is 7. The summed E-state index contributed by atoms with van der Waals surface area (Å²) in [7, 11) is 0. The van der Waals surface area contributed by atoms with Gasteiger partial charge >= 0.3 is 5.97 Å². The number of rotatable bonds is 20. The topological polar surface area (TPSA) is 228 Å². The highest BCUT2D eigenvalue weighted by Crippen LogP contribution is 2.11. The fourth-order valence-corrected chi connectivity index (χ4v) is 3.66. The van der Waals surface area contributed by atoms with Gasteiger partial charge in [0.05, 0.1) is 18.1 Å². The number of carbonyl (C=O) groups excluding carboxylic acids is 6. The third-order valence-electron chi connectivity index (χ3n) is 6.62. The molecule has 0 aliphatic carbocycles. The number of carboxylic acid groups (broad SMARTS) is 1. The molecule has 0 radical (unpaired) electrons. The third kappa shape index (κ3) is 13.7. The molecule has 0 aliphatic heterocycles. The number of aliphatic carboxylic acids is 1. The van der Waals surface area contributed by atoms with Gasteiger partial charge in [0.15, 0.2) is 11.6 Å². The van der Waals surface area contributed by atoms with Gasteiger partial charge in [0.25, 0.3) is 0 Å². The molecule has 0 heterocycles. The summed E-state index contributed by atoms with van der Waals surface area (Å²) in [5.74, 6) is -6.18. The van der Waals surface area contributed by atoms with Crippen LogP contribution in [-0.2, 0) is 33.6 Å². The Labute approximate surface area is 235 Å². The molecule has 0 aromatic rings. The standard InChI is InChI=1S/C27H47N5O8/c1-14(11-21(33)17(4)29)24(36)30-18(5)22(34)12-15(2)25(37)31-19(6)23(35)13-16(3)26(38)32-20(27(39)40)9-7-8-10-28/h14-20H,7-13,28-29H2,1-6H3,(H,30,36)(H,31,37)(H,32,38)(H,39,40)/t14-,15-,16-,17+,18+,19+,20+/m1/s1. The fourth-order valence-electron chi connectivity index (χ4n) is 3.66. The van der Waals surface area contributed by atoms with Crippen molar-refractivity contribution >= 4 is 41.0 Å². The molecule has 40 heavy (non-hydrogen) atoms. The Hall–Kier alpha value is -3.19. The lowest BCUT2D eigenvalue weighted by Crippen LogP contribution is -2.46. The maximum atomic E-state index is 12.6. The third-order valence-corrected chi connectivity index (χ3v) is 6.62. The highest BCUT2D eigenvalue weighted by atomic mass is 16.4. The minimum atomic E-state index is -1.17. The van der Waals surface area contributed by atoms with E-state index in [0.717, 1.165) is 0 Å². The maximum absolute atomic E-state index is 12.6. The number of Topliss-reactive ketones (excluding diaryl/α,β-unsaturated/α-hetero) is 3. The molecular formula is C27H47N5O8. The first-order valence-corrected chi connectivity index (χ1v) is 13.7. The lowest BCUT2D eigenvalue weighted by atomic mass is 9.96. The number of hydrogen-bond acceptors (Lipinski definition) is 9. The van der Waals surface area contributed by atoms with Crippen molar-refractivity contribution in [1.29, 1.82) is 0 Å². The largest absolute Gasteiger partial charge is 0.480 e. The summed E-state index contributed by atoms with van der Waals surface area (Å²) < 4.78 is 0. The van der Waals surface area contributed by atoms with Crippen molar-refractivity contribution in [3.8, 4) is 0 Å². The van der Waals surface area contributed by atoms with Gasteiger partial charge in [0, 0.05) is 37.0 Å². The Morgan fingerprint density at radius 1 is 0.625 bits per heavy atom. The quantitative estimate of drug-likeness (QED) is 0.106. The molecule has 0 aromatic carbocycles. The first kappa shape index (κ1) is 36.8. The van der Waals surface area contributed by atoms with E-state index in [1.54, 1.807) is 6.92 Å². The fraction of sp³-hybridized carbons (Fsp3) is 0.741. The van der Waals surface area contributed by atoms with Crippen LogP contribution < -0.4 is 27.4 Å². The molecule has 0 unspecified atom stereocenters. The average molecular weight is 570 g/mol. The SMILES string of the molecule is C[C@H](N)C(=O)C[C@@H](C)C(=O)N[C@@H](C)C(=O)C[C@@H](C)C(=O)N[C@@H](C)C(=O)C[C@@H](C)C(=O)N[C@@H](CCCCN)C(=O)O. The monoisotopic (exact) mass is 569 g/mol. The summed E-state index contributed by atoms with van der Waals surface area (Å²) in [6.07, 6.45) is 0.910. The van der Waals surface area contributed by atoms with Gasteiger partial charge in [-0.05, 0) is 46.6 Å². The molecule has 0 saturated carbocycles. The number of carboxylic acids is 1. The molecule has 0 aromatic heterocycles. The predicted octanol–water partition coefficient (Wildman–Crippen LogP) is -0.173. The van der Waals surface area contributed by atoms with Crippen LogP contribution in [0.3, 0.4) is 0 Å². The first-order valence-electron chi connectivity index (χ1n) is 13.7. The van der Waals surface area contributed by atoms with Gasteiger partial charge in [-0.1, -0.05) is 20.8 Å². The molecule has 3 amide bonds. The normalized spacial score (nSPS) is 16.3. The van der Waals surface area contributed by atoms with Crippen molar-refractivity contribution < 1.29 is 38.7 Å². The second-order valence-corrected chi connectivity index (χ2v) is 10.6. The van der Waals surface area contributed by atoms with Crippen LogP contribution in [0, 0.1) is 17.8 Å². The van der Waals surface area contributed by atoms with Crippen molar-refractivity contribution in [3.63, 3.8) is 0 Å². The number of ketones is 3. The molecule has 8 N–H and O–H groups in total. The predicted molar refractivity (Wildman–Crippen MR) is 148 cm³/mol. The van der Waals surface area contributed by atoms with Crippen LogP contribution in [0.15, 0.2) is 0 Å². The summed E-state index contributed by atoms with van der Waals surface area (Å²) in [6.45, 7) is 9.44. The van der Waals surface area contributed by atoms with Gasteiger partial charge in [0.1, 0.15) is 11.8 Å². The van der Waals surface area contributed by atoms with E-state index in [-0.39, 0.29) is 31.5 Å². The maximum Gasteiger partial charge on any atom is 0.326 e. The summed E-state index contributed by atoms with van der Waals surface area (Å²) in [4.78, 5) is 85.7. The Morgan fingerprint density at radius 3 is 1.35 bits per heavy atom. The van der Waals surface area contributed by atoms with E-state index in [4.69, 9.17) is 11.5 Å². The molecule has 7 atom stereocenters. The average Bonchev–Trinajstić information content (AvgIpc) is 2.87. The van der Waals surface area contributed by atoms with Crippen LogP contribution in [0.1, 0.15) is 80.1 Å². The van der Waals surface area contributed by atoms with Crippen LogP contribution in [0.4, 0.5) is 0 Å². The van der Waals surface area contributed by atoms with Crippen molar-refractivity contribution in [1.82, 2.24) is 16.0 Å². The number of hydrogen-bond donors (Lipinski definition) is 6. The minimum absolute atomic E-state index is 0.0512. The number of unbranched alkanes of at least 4 members (excludes halogenated alkanes) is 1. The van der Waals surface area contributed by atoms with Crippen LogP contribution >= 0.6 is 0 Å². The van der Waals surface area contributed by atoms with E-state index in [0.29, 0.717) is 19.4 Å². The molecule has 0 spiro atoms. The lowest BCUT2D eigenvalue weighted by molar-refractivity contribution is -0.142. The zero-order valence-electron chi connectivity index (χ0n) is 24.5. The van der Waals surface area contributed by atoms with E-state index in [1.807, 2.05) is 0 Å². The zero-order chi connectivity index (χ0) is 31.2. The van der Waals surface area contributed by atoms with E-state index < -0.39 is 77.2 Å². The second kappa shape index (κ2) is 18.2. The van der Waals surface area contributed by atoms with Crippen LogP contribution in [0.2, 0.25) is 0 Å². The zero-order valence-corrected chi connectivity index (χ0v) is 24.5. The molecule has 228 valence electrons. The van der Waals surface area contributed by atoms with Gasteiger partial charge in [-0.15, -0.1) is 0 Å². The Kier molecular flexibility index (Phi) is 16.8. The summed E-state index contributed by atoms with van der Waals surface area (Å²) in [5, 5.41) is 16.8. The van der Waals surface area contributed by atoms with Gasteiger partial charge in [-0.25, -0.2) is 4.79 Å². The summed E-state index contributed by atoms with van der Waals surface area (Å²) in [6, 6.07) is -3.61. The van der Waals surface area contributed by atoms with Gasteiger partial charge in [-0.2, -0.15) is 0 Å². The van der Waals surface area contributed by atoms with Gasteiger partial charge < -0.3 is 32.5 Å². The van der Waals surface area contributed by atoms with Crippen LogP contribution in [0.5, 0.6) is 0 Å². The molecule has 0 bridgehead atoms. The van der Waals surface area contributed by atoms with Crippen molar-refractivity contribution in [2.24, 2.45) is 29.2 Å².